The molecule has 24 rings (SSSR count). The minimum atomic E-state index is 0.634. The van der Waals surface area contributed by atoms with Gasteiger partial charge in [-0.25, -0.2) is 64.8 Å². The molecule has 0 amide bonds. The first-order chi connectivity index (χ1) is 59.6. The number of benzene rings is 12. The van der Waals surface area contributed by atoms with E-state index in [1.807, 2.05) is 146 Å². The van der Waals surface area contributed by atoms with E-state index < -0.39 is 0 Å². The maximum Gasteiger partial charge on any atom is 0.162 e. The van der Waals surface area contributed by atoms with Crippen molar-refractivity contribution in [2.24, 2.45) is 0 Å². The fraction of sp³-hybridized carbons (Fsp3) is 0. The zero-order valence-corrected chi connectivity index (χ0v) is 64.0. The standard InChI is InChI=1S/2C34H22N6.C33H21N7/c1-2-12-25(13-3-1)39-27-15-5-4-14-26(27)31-28(39)17-18-29-32(31)38-34(40(29)30-16-6-7-19-35-30)24-11-8-10-23(22-24)33-36-20-9-21-37-33;1-2-11-23(12-3-1)39-27-16-7-6-15-26(27)31-28(39)18-19-29-32(31)38-34(40(29)30-17-8-9-20-35-30)25-14-5-4-13-24(25)33-36-21-10-22-37-33;1-2-8-24(9-3-1)39-26-11-5-4-10-25(26)30-27(39)17-18-28-31(30)38-33(40(28)29-12-6-7-19-35-29)23-15-13-22(14-16-23)32-36-20-34-21-37-32/h2*1-22H;1-21H. The Kier molecular flexibility index (Phi) is 17.3. The summed E-state index contributed by atoms with van der Waals surface area (Å²) < 4.78 is 13.4. The molecule has 0 saturated heterocycles. The molecule has 12 heterocycles. The molecule has 120 heavy (non-hydrogen) atoms. The summed E-state index contributed by atoms with van der Waals surface area (Å²) in [4.78, 5) is 60.8. The lowest BCUT2D eigenvalue weighted by Gasteiger charge is -2.11. The monoisotopic (exact) mass is 1540 g/mol. The second-order valence-electron chi connectivity index (χ2n) is 28.7. The number of nitrogens with zero attached hydrogens (tertiary/aromatic N) is 19. The van der Waals surface area contributed by atoms with Gasteiger partial charge in [-0.2, -0.15) is 0 Å². The normalized spacial score (nSPS) is 11.5. The molecule has 0 aliphatic carbocycles. The Balaban J connectivity index is 0.000000108. The van der Waals surface area contributed by atoms with Gasteiger partial charge in [0.25, 0.3) is 0 Å². The van der Waals surface area contributed by atoms with E-state index in [0.717, 1.165) is 184 Å². The van der Waals surface area contributed by atoms with Crippen molar-refractivity contribution < 1.29 is 0 Å². The third-order valence-electron chi connectivity index (χ3n) is 21.9. The van der Waals surface area contributed by atoms with Gasteiger partial charge < -0.3 is 13.7 Å². The maximum atomic E-state index is 5.38. The van der Waals surface area contributed by atoms with Crippen molar-refractivity contribution in [1.82, 2.24) is 92.2 Å². The zero-order chi connectivity index (χ0) is 79.4. The van der Waals surface area contributed by atoms with Crippen LogP contribution in [0.15, 0.2) is 396 Å². The summed E-state index contributed by atoms with van der Waals surface area (Å²) in [7, 11) is 0. The number of pyridine rings is 3. The van der Waals surface area contributed by atoms with Gasteiger partial charge in [-0.15, -0.1) is 0 Å². The van der Waals surface area contributed by atoms with Gasteiger partial charge in [0.15, 0.2) is 17.5 Å². The SMILES string of the molecule is c1ccc(-n2c3ccccc3c3c4nc(-c5ccc(-c6ncncn6)cc5)n(-c5ccccn5)c4ccc32)cc1.c1ccc(-n2c3ccccc3c3c4nc(-c5cccc(-c6ncccn6)c5)n(-c5ccccn5)c4ccc32)cc1.c1ccc(-n2c3ccccc3c3c4nc(-c5ccccc5-c5ncccn5)n(-c5ccccn5)c4ccc32)cc1. The summed E-state index contributed by atoms with van der Waals surface area (Å²) in [6.07, 6.45) is 15.5. The first-order valence-corrected chi connectivity index (χ1v) is 39.3. The van der Waals surface area contributed by atoms with Crippen LogP contribution in [0, 0.1) is 0 Å². The number of para-hydroxylation sites is 6. The van der Waals surface area contributed by atoms with E-state index in [2.05, 4.69) is 275 Å². The average Bonchev–Trinajstić information content (AvgIpc) is 1.73. The number of rotatable bonds is 12. The van der Waals surface area contributed by atoms with Crippen molar-refractivity contribution >= 4 is 98.5 Å². The molecule has 0 radical (unpaired) electrons. The molecule has 24 aromatic rings. The Morgan fingerprint density at radius 3 is 0.975 bits per heavy atom. The topological polar surface area (TPSA) is 197 Å². The Labute approximate surface area is 685 Å². The third kappa shape index (κ3) is 12.0. The molecule has 19 heteroatoms. The summed E-state index contributed by atoms with van der Waals surface area (Å²) in [5, 5.41) is 6.83. The highest BCUT2D eigenvalue weighted by Gasteiger charge is 2.27. The lowest BCUT2D eigenvalue weighted by atomic mass is 10.1. The van der Waals surface area contributed by atoms with Crippen LogP contribution >= 0.6 is 0 Å². The Morgan fingerprint density at radius 2 is 0.533 bits per heavy atom. The molecule has 0 atom stereocenters. The second-order valence-corrected chi connectivity index (χ2v) is 28.7. The second kappa shape index (κ2) is 29.8. The fourth-order valence-corrected chi connectivity index (χ4v) is 16.8. The molecule has 0 spiro atoms. The fourth-order valence-electron chi connectivity index (χ4n) is 16.8. The van der Waals surface area contributed by atoms with E-state index in [4.69, 9.17) is 29.9 Å². The van der Waals surface area contributed by atoms with Gasteiger partial charge in [-0.1, -0.05) is 194 Å². The molecular weight excluding hydrogens is 1480 g/mol. The molecule has 0 aliphatic rings. The molecule has 0 fully saturated rings. The van der Waals surface area contributed by atoms with E-state index >= 15 is 0 Å². The highest BCUT2D eigenvalue weighted by atomic mass is 15.2. The first kappa shape index (κ1) is 69.8. The Morgan fingerprint density at radius 1 is 0.192 bits per heavy atom. The van der Waals surface area contributed by atoms with Gasteiger partial charge in [0.2, 0.25) is 0 Å². The predicted molar refractivity (Wildman–Crippen MR) is 477 cm³/mol. The van der Waals surface area contributed by atoms with Crippen molar-refractivity contribution in [2.45, 2.75) is 0 Å². The van der Waals surface area contributed by atoms with Crippen LogP contribution in [0.4, 0.5) is 0 Å². The van der Waals surface area contributed by atoms with Crippen molar-refractivity contribution in [2.75, 3.05) is 0 Å². The molecule has 12 aromatic carbocycles. The highest BCUT2D eigenvalue weighted by Crippen LogP contribution is 2.45. The average molecular weight is 1540 g/mol. The first-order valence-electron chi connectivity index (χ1n) is 39.3. The number of hydrogen-bond donors (Lipinski definition) is 0. The van der Waals surface area contributed by atoms with Crippen molar-refractivity contribution in [3.05, 3.63) is 396 Å². The Bertz CT molecular complexity index is 7920. The largest absolute Gasteiger partial charge is 0.309 e. The molecule has 12 aromatic heterocycles. The van der Waals surface area contributed by atoms with Crippen LogP contribution in [0.3, 0.4) is 0 Å². The van der Waals surface area contributed by atoms with Gasteiger partial charge in [0, 0.05) is 126 Å². The maximum absolute atomic E-state index is 5.38. The zero-order valence-electron chi connectivity index (χ0n) is 64.0. The lowest BCUT2D eigenvalue weighted by Crippen LogP contribution is -2.01. The van der Waals surface area contributed by atoms with E-state index in [0.29, 0.717) is 17.5 Å². The lowest BCUT2D eigenvalue weighted by molar-refractivity contribution is 1.03. The van der Waals surface area contributed by atoms with Gasteiger partial charge >= 0.3 is 0 Å². The van der Waals surface area contributed by atoms with Gasteiger partial charge in [0.1, 0.15) is 47.6 Å². The molecule has 564 valence electrons. The quantitative estimate of drug-likeness (QED) is 0.112. The summed E-state index contributed by atoms with van der Waals surface area (Å²) in [5.41, 5.74) is 21.5. The van der Waals surface area contributed by atoms with E-state index in [9.17, 15) is 0 Å². The molecule has 0 saturated carbocycles. The summed E-state index contributed by atoms with van der Waals surface area (Å²) in [5.74, 6) is 6.82. The van der Waals surface area contributed by atoms with E-state index in [1.54, 1.807) is 24.8 Å². The molecule has 19 nitrogen and oxygen atoms in total. The van der Waals surface area contributed by atoms with Crippen molar-refractivity contribution in [1.29, 1.82) is 0 Å². The summed E-state index contributed by atoms with van der Waals surface area (Å²) >= 11 is 0. The van der Waals surface area contributed by atoms with Crippen LogP contribution < -0.4 is 0 Å². The smallest absolute Gasteiger partial charge is 0.162 e. The van der Waals surface area contributed by atoms with Gasteiger partial charge in [-0.05, 0) is 146 Å². The number of hydrogen-bond acceptors (Lipinski definition) is 13. The van der Waals surface area contributed by atoms with E-state index in [1.165, 1.54) is 12.7 Å². The molecule has 0 bridgehead atoms. The molecule has 0 N–H and O–H groups in total. The Hall–Kier alpha value is -16.9. The van der Waals surface area contributed by atoms with Crippen LogP contribution in [0.5, 0.6) is 0 Å². The molecular formula is C101H65N19. The molecule has 0 unspecified atom stereocenters. The van der Waals surface area contributed by atoms with E-state index in [-0.39, 0.29) is 0 Å². The minimum absolute atomic E-state index is 0.634. The van der Waals surface area contributed by atoms with Crippen molar-refractivity contribution in [3.8, 4) is 103 Å². The van der Waals surface area contributed by atoms with Crippen LogP contribution in [0.2, 0.25) is 0 Å². The highest BCUT2D eigenvalue weighted by molar-refractivity contribution is 6.23. The van der Waals surface area contributed by atoms with Crippen LogP contribution in [0.1, 0.15) is 0 Å². The number of aromatic nitrogens is 19. The van der Waals surface area contributed by atoms with Gasteiger partial charge in [-0.3, -0.25) is 13.7 Å². The van der Waals surface area contributed by atoms with Crippen molar-refractivity contribution in [3.63, 3.8) is 0 Å². The van der Waals surface area contributed by atoms with Crippen LogP contribution in [-0.2, 0) is 0 Å². The molecule has 0 aliphatic heterocycles. The predicted octanol–water partition coefficient (Wildman–Crippen LogP) is 22.3. The third-order valence-corrected chi connectivity index (χ3v) is 21.9. The van der Waals surface area contributed by atoms with Crippen LogP contribution in [-0.4, -0.2) is 92.2 Å². The number of imidazole rings is 3. The van der Waals surface area contributed by atoms with Crippen LogP contribution in [0.25, 0.3) is 201 Å². The number of fused-ring (bicyclic) bond motifs is 15. The summed E-state index contributed by atoms with van der Waals surface area (Å²) in [6.45, 7) is 0. The minimum Gasteiger partial charge on any atom is -0.309 e. The summed E-state index contributed by atoms with van der Waals surface area (Å²) in [6, 6.07) is 116. The van der Waals surface area contributed by atoms with Gasteiger partial charge in [0.05, 0.1) is 66.2 Å².